The Hall–Kier alpha value is -1.66. The monoisotopic (exact) mass is 322 g/mol. The quantitative estimate of drug-likeness (QED) is 0.838. The Bertz CT molecular complexity index is 561. The van der Waals surface area contributed by atoms with Gasteiger partial charge in [0.05, 0.1) is 26.7 Å². The van der Waals surface area contributed by atoms with Gasteiger partial charge < -0.3 is 14.4 Å². The topological polar surface area (TPSA) is 42.0 Å². The van der Waals surface area contributed by atoms with Crippen molar-refractivity contribution in [1.29, 1.82) is 0 Å². The molecular formula is C17H23FN2O3. The fourth-order valence-electron chi connectivity index (χ4n) is 3.32. The van der Waals surface area contributed by atoms with E-state index < -0.39 is 5.82 Å². The maximum atomic E-state index is 13.7. The van der Waals surface area contributed by atoms with Gasteiger partial charge in [-0.15, -0.1) is 0 Å². The number of methoxy groups -OCH3 is 1. The van der Waals surface area contributed by atoms with Gasteiger partial charge in [0.2, 0.25) is 5.91 Å². The second-order valence-electron chi connectivity index (χ2n) is 6.08. The molecule has 23 heavy (non-hydrogen) atoms. The molecule has 0 bridgehead atoms. The minimum Gasteiger partial charge on any atom is -0.494 e. The van der Waals surface area contributed by atoms with Crippen LogP contribution in [0.15, 0.2) is 18.2 Å². The first kappa shape index (κ1) is 16.2. The first-order valence-corrected chi connectivity index (χ1v) is 8.09. The van der Waals surface area contributed by atoms with Crippen molar-refractivity contribution >= 4 is 5.91 Å². The van der Waals surface area contributed by atoms with E-state index >= 15 is 0 Å². The summed E-state index contributed by atoms with van der Waals surface area (Å²) in [6, 6.07) is 5.12. The predicted molar refractivity (Wildman–Crippen MR) is 84.0 cm³/mol. The van der Waals surface area contributed by atoms with Crippen LogP contribution in [0.25, 0.3) is 0 Å². The highest BCUT2D eigenvalue weighted by atomic mass is 19.1. The maximum Gasteiger partial charge on any atom is 0.227 e. The highest BCUT2D eigenvalue weighted by molar-refractivity contribution is 5.79. The van der Waals surface area contributed by atoms with Crippen molar-refractivity contribution in [2.75, 3.05) is 46.5 Å². The van der Waals surface area contributed by atoms with Crippen molar-refractivity contribution in [3.05, 3.63) is 29.6 Å². The molecule has 0 aromatic heterocycles. The SMILES string of the molecule is COc1ccc(CC(=O)N2CCC(N3CCOCC3)C2)cc1F. The molecule has 2 aliphatic rings. The van der Waals surface area contributed by atoms with E-state index in [1.807, 2.05) is 4.90 Å². The average molecular weight is 322 g/mol. The molecule has 2 saturated heterocycles. The molecule has 1 atom stereocenters. The van der Waals surface area contributed by atoms with Crippen molar-refractivity contribution in [2.24, 2.45) is 0 Å². The van der Waals surface area contributed by atoms with Crippen LogP contribution in [0.3, 0.4) is 0 Å². The largest absolute Gasteiger partial charge is 0.494 e. The van der Waals surface area contributed by atoms with Crippen molar-refractivity contribution in [3.63, 3.8) is 0 Å². The standard InChI is InChI=1S/C17H23FN2O3/c1-22-16-3-2-13(10-15(16)18)11-17(21)20-5-4-14(12-20)19-6-8-23-9-7-19/h2-3,10,14H,4-9,11-12H2,1H3. The lowest BCUT2D eigenvalue weighted by atomic mass is 10.1. The fraction of sp³-hybridized carbons (Fsp3) is 0.588. The van der Waals surface area contributed by atoms with Gasteiger partial charge >= 0.3 is 0 Å². The molecule has 2 fully saturated rings. The number of halogens is 1. The average Bonchev–Trinajstić information content (AvgIpc) is 3.06. The molecule has 5 nitrogen and oxygen atoms in total. The molecule has 126 valence electrons. The first-order chi connectivity index (χ1) is 11.2. The van der Waals surface area contributed by atoms with Gasteiger partial charge in [-0.3, -0.25) is 9.69 Å². The van der Waals surface area contributed by atoms with Crippen LogP contribution in [-0.2, 0) is 16.0 Å². The van der Waals surface area contributed by atoms with Crippen LogP contribution >= 0.6 is 0 Å². The molecule has 3 rings (SSSR count). The summed E-state index contributed by atoms with van der Waals surface area (Å²) in [5.74, 6) is -0.162. The summed E-state index contributed by atoms with van der Waals surface area (Å²) in [6.07, 6.45) is 1.24. The second-order valence-corrected chi connectivity index (χ2v) is 6.08. The van der Waals surface area contributed by atoms with Crippen LogP contribution in [0.1, 0.15) is 12.0 Å². The summed E-state index contributed by atoms with van der Waals surface area (Å²) in [6.45, 7) is 4.97. The molecule has 0 saturated carbocycles. The minimum atomic E-state index is -0.426. The zero-order chi connectivity index (χ0) is 16.2. The van der Waals surface area contributed by atoms with Gasteiger partial charge in [-0.2, -0.15) is 0 Å². The molecule has 0 spiro atoms. The number of likely N-dealkylation sites (tertiary alicyclic amines) is 1. The van der Waals surface area contributed by atoms with Crippen molar-refractivity contribution in [1.82, 2.24) is 9.80 Å². The zero-order valence-electron chi connectivity index (χ0n) is 13.5. The van der Waals surface area contributed by atoms with Crippen LogP contribution in [0, 0.1) is 5.82 Å². The Morgan fingerprint density at radius 3 is 2.83 bits per heavy atom. The minimum absolute atomic E-state index is 0.0605. The lowest BCUT2D eigenvalue weighted by Crippen LogP contribution is -2.45. The number of rotatable bonds is 4. The number of benzene rings is 1. The highest BCUT2D eigenvalue weighted by Crippen LogP contribution is 2.20. The number of ether oxygens (including phenoxy) is 2. The van der Waals surface area contributed by atoms with E-state index in [1.165, 1.54) is 13.2 Å². The Morgan fingerprint density at radius 1 is 1.35 bits per heavy atom. The number of carbonyl (C=O) groups is 1. The predicted octanol–water partition coefficient (Wildman–Crippen LogP) is 1.31. The first-order valence-electron chi connectivity index (χ1n) is 8.09. The Labute approximate surface area is 136 Å². The number of hydrogen-bond acceptors (Lipinski definition) is 4. The van der Waals surface area contributed by atoms with Crippen LogP contribution < -0.4 is 4.74 Å². The summed E-state index contributed by atoms with van der Waals surface area (Å²) in [5, 5.41) is 0. The Balaban J connectivity index is 1.55. The molecule has 2 aliphatic heterocycles. The molecule has 1 aromatic rings. The van der Waals surface area contributed by atoms with Crippen molar-refractivity contribution < 1.29 is 18.7 Å². The lowest BCUT2D eigenvalue weighted by molar-refractivity contribution is -0.129. The summed E-state index contributed by atoms with van der Waals surface area (Å²) in [4.78, 5) is 16.7. The summed E-state index contributed by atoms with van der Waals surface area (Å²) in [5.41, 5.74) is 0.683. The molecule has 1 aromatic carbocycles. The number of nitrogens with zero attached hydrogens (tertiary/aromatic N) is 2. The maximum absolute atomic E-state index is 13.7. The Kier molecular flexibility index (Phi) is 5.13. The number of carbonyl (C=O) groups excluding carboxylic acids is 1. The molecule has 0 radical (unpaired) electrons. The third-order valence-electron chi connectivity index (χ3n) is 4.65. The number of hydrogen-bond donors (Lipinski definition) is 0. The highest BCUT2D eigenvalue weighted by Gasteiger charge is 2.31. The van der Waals surface area contributed by atoms with E-state index in [0.29, 0.717) is 11.6 Å². The van der Waals surface area contributed by atoms with Crippen LogP contribution in [0.4, 0.5) is 4.39 Å². The van der Waals surface area contributed by atoms with Gasteiger partial charge in [0.25, 0.3) is 0 Å². The molecule has 0 aliphatic carbocycles. The zero-order valence-corrected chi connectivity index (χ0v) is 13.5. The lowest BCUT2D eigenvalue weighted by Gasteiger charge is -2.32. The van der Waals surface area contributed by atoms with E-state index in [0.717, 1.165) is 45.8 Å². The van der Waals surface area contributed by atoms with E-state index in [9.17, 15) is 9.18 Å². The van der Waals surface area contributed by atoms with Gasteiger partial charge in [-0.25, -0.2) is 4.39 Å². The summed E-state index contributed by atoms with van der Waals surface area (Å²) < 4.78 is 24.0. The van der Waals surface area contributed by atoms with Gasteiger partial charge in [0, 0.05) is 32.2 Å². The van der Waals surface area contributed by atoms with E-state index in [1.54, 1.807) is 12.1 Å². The summed E-state index contributed by atoms with van der Waals surface area (Å²) in [7, 11) is 1.43. The third-order valence-corrected chi connectivity index (χ3v) is 4.65. The van der Waals surface area contributed by atoms with Crippen LogP contribution in [-0.4, -0.2) is 68.3 Å². The van der Waals surface area contributed by atoms with Crippen molar-refractivity contribution in [2.45, 2.75) is 18.9 Å². The van der Waals surface area contributed by atoms with E-state index in [-0.39, 0.29) is 18.1 Å². The Morgan fingerprint density at radius 2 is 2.13 bits per heavy atom. The van der Waals surface area contributed by atoms with Gasteiger partial charge in [-0.05, 0) is 24.1 Å². The molecule has 6 heteroatoms. The van der Waals surface area contributed by atoms with Crippen LogP contribution in [0.2, 0.25) is 0 Å². The van der Waals surface area contributed by atoms with E-state index in [4.69, 9.17) is 9.47 Å². The number of amides is 1. The van der Waals surface area contributed by atoms with Crippen molar-refractivity contribution in [3.8, 4) is 5.75 Å². The molecular weight excluding hydrogens is 299 g/mol. The number of morpholine rings is 1. The normalized spacial score (nSPS) is 22.3. The molecule has 1 unspecified atom stereocenters. The second kappa shape index (κ2) is 7.27. The van der Waals surface area contributed by atoms with Gasteiger partial charge in [0.1, 0.15) is 0 Å². The smallest absolute Gasteiger partial charge is 0.227 e. The van der Waals surface area contributed by atoms with Gasteiger partial charge in [0.15, 0.2) is 11.6 Å². The van der Waals surface area contributed by atoms with E-state index in [2.05, 4.69) is 4.90 Å². The molecule has 1 amide bonds. The molecule has 2 heterocycles. The van der Waals surface area contributed by atoms with Crippen LogP contribution in [0.5, 0.6) is 5.75 Å². The van der Waals surface area contributed by atoms with Gasteiger partial charge in [-0.1, -0.05) is 6.07 Å². The third kappa shape index (κ3) is 3.82. The summed E-state index contributed by atoms with van der Waals surface area (Å²) >= 11 is 0. The fourth-order valence-corrected chi connectivity index (χ4v) is 3.32. The molecule has 0 N–H and O–H groups in total.